The monoisotopic (exact) mass is 281 g/mol. The zero-order valence-electron chi connectivity index (χ0n) is 8.42. The van der Waals surface area contributed by atoms with Crippen molar-refractivity contribution in [2.24, 2.45) is 7.05 Å². The molecule has 0 aliphatic heterocycles. The Kier molecular flexibility index (Phi) is 2.74. The molecule has 1 aromatic carbocycles. The van der Waals surface area contributed by atoms with Crippen molar-refractivity contribution in [3.63, 3.8) is 0 Å². The largest absolute Gasteiger partial charge is 0.270 e. The normalized spacial score (nSPS) is 10.4. The smallest absolute Gasteiger partial charge is 0.267 e. The summed E-state index contributed by atoms with van der Waals surface area (Å²) in [6, 6.07) is 6.47. The lowest BCUT2D eigenvalue weighted by molar-refractivity contribution is -0.384. The average molecular weight is 282 g/mol. The molecule has 0 aliphatic rings. The number of rotatable bonds is 2. The predicted molar refractivity (Wildman–Crippen MR) is 63.0 cm³/mol. The van der Waals surface area contributed by atoms with Crippen molar-refractivity contribution < 1.29 is 4.92 Å². The van der Waals surface area contributed by atoms with E-state index in [0.29, 0.717) is 0 Å². The van der Waals surface area contributed by atoms with Crippen molar-refractivity contribution in [3.05, 3.63) is 45.0 Å². The van der Waals surface area contributed by atoms with Crippen LogP contribution >= 0.6 is 15.9 Å². The Bertz CT molecular complexity index is 531. The molecule has 0 spiro atoms. The number of aromatic nitrogens is 2. The van der Waals surface area contributed by atoms with Crippen LogP contribution in [-0.2, 0) is 7.05 Å². The number of nitro benzene ring substituents is 1. The second-order valence-electron chi connectivity index (χ2n) is 3.27. The first kappa shape index (κ1) is 10.8. The summed E-state index contributed by atoms with van der Waals surface area (Å²) in [5.74, 6) is 0. The van der Waals surface area contributed by atoms with E-state index in [2.05, 4.69) is 21.0 Å². The summed E-state index contributed by atoms with van der Waals surface area (Å²) in [4.78, 5) is 10.3. The molecule has 1 heterocycles. The highest BCUT2D eigenvalue weighted by atomic mass is 79.9. The van der Waals surface area contributed by atoms with Crippen LogP contribution in [0, 0.1) is 10.1 Å². The fourth-order valence-corrected chi connectivity index (χ4v) is 2.08. The molecule has 0 unspecified atom stereocenters. The molecule has 2 aromatic rings. The number of aryl methyl sites for hydroxylation is 1. The second kappa shape index (κ2) is 4.05. The molecule has 0 atom stereocenters. The topological polar surface area (TPSA) is 61.0 Å². The maximum absolute atomic E-state index is 10.7. The molecule has 0 amide bonds. The third kappa shape index (κ3) is 1.83. The summed E-state index contributed by atoms with van der Waals surface area (Å²) < 4.78 is 2.49. The number of non-ortho nitro benzene ring substituents is 1. The quantitative estimate of drug-likeness (QED) is 0.628. The maximum atomic E-state index is 10.7. The van der Waals surface area contributed by atoms with E-state index in [0.717, 1.165) is 15.7 Å². The van der Waals surface area contributed by atoms with Gasteiger partial charge >= 0.3 is 0 Å². The van der Waals surface area contributed by atoms with Gasteiger partial charge in [0.05, 0.1) is 21.3 Å². The minimum atomic E-state index is -0.409. The summed E-state index contributed by atoms with van der Waals surface area (Å²) in [5.41, 5.74) is 1.66. The van der Waals surface area contributed by atoms with Gasteiger partial charge in [-0.15, -0.1) is 0 Å². The van der Waals surface area contributed by atoms with E-state index in [1.807, 2.05) is 6.07 Å². The van der Waals surface area contributed by atoms with Crippen LogP contribution in [0.2, 0.25) is 0 Å². The van der Waals surface area contributed by atoms with Crippen LogP contribution < -0.4 is 0 Å². The summed E-state index contributed by atoms with van der Waals surface area (Å²) in [6.07, 6.45) is 1.66. The van der Waals surface area contributed by atoms with Crippen LogP contribution in [-0.4, -0.2) is 14.7 Å². The highest BCUT2D eigenvalue weighted by Gasteiger charge is 2.12. The standard InChI is InChI=1S/C10H8BrN3O2/c1-13-10(9(11)6-12-13)7-3-2-4-8(5-7)14(15)16/h2-6H,1H3. The summed E-state index contributed by atoms with van der Waals surface area (Å²) in [5, 5.41) is 14.7. The summed E-state index contributed by atoms with van der Waals surface area (Å²) >= 11 is 3.36. The van der Waals surface area contributed by atoms with Crippen LogP contribution in [0.25, 0.3) is 11.3 Å². The fourth-order valence-electron chi connectivity index (χ4n) is 1.50. The van der Waals surface area contributed by atoms with Gasteiger partial charge in [0.2, 0.25) is 0 Å². The fraction of sp³-hybridized carbons (Fsp3) is 0.100. The van der Waals surface area contributed by atoms with Gasteiger partial charge in [-0.2, -0.15) is 5.10 Å². The molecule has 0 fully saturated rings. The van der Waals surface area contributed by atoms with E-state index in [9.17, 15) is 10.1 Å². The molecule has 16 heavy (non-hydrogen) atoms. The predicted octanol–water partition coefficient (Wildman–Crippen LogP) is 2.76. The molecule has 6 heteroatoms. The van der Waals surface area contributed by atoms with Gasteiger partial charge in [-0.3, -0.25) is 14.8 Å². The van der Waals surface area contributed by atoms with Gasteiger partial charge in [0.1, 0.15) is 0 Å². The van der Waals surface area contributed by atoms with Crippen molar-refractivity contribution in [3.8, 4) is 11.3 Å². The number of halogens is 1. The molecule has 0 N–H and O–H groups in total. The SMILES string of the molecule is Cn1ncc(Br)c1-c1cccc([N+](=O)[O-])c1. The van der Waals surface area contributed by atoms with E-state index in [1.165, 1.54) is 12.1 Å². The molecule has 5 nitrogen and oxygen atoms in total. The molecular weight excluding hydrogens is 274 g/mol. The molecule has 0 saturated carbocycles. The minimum absolute atomic E-state index is 0.0746. The average Bonchev–Trinajstić information content (AvgIpc) is 2.59. The third-order valence-electron chi connectivity index (χ3n) is 2.22. The first-order chi connectivity index (χ1) is 7.59. The van der Waals surface area contributed by atoms with Crippen LogP contribution in [0.15, 0.2) is 34.9 Å². The van der Waals surface area contributed by atoms with Crippen LogP contribution in [0.5, 0.6) is 0 Å². The summed E-state index contributed by atoms with van der Waals surface area (Å²) in [6.45, 7) is 0. The Balaban J connectivity index is 2.57. The molecular formula is C10H8BrN3O2. The van der Waals surface area contributed by atoms with E-state index in [-0.39, 0.29) is 5.69 Å². The Morgan fingerprint density at radius 1 is 1.50 bits per heavy atom. The number of hydrogen-bond acceptors (Lipinski definition) is 3. The van der Waals surface area contributed by atoms with Gasteiger partial charge < -0.3 is 0 Å². The maximum Gasteiger partial charge on any atom is 0.270 e. The molecule has 2 rings (SSSR count). The lowest BCUT2D eigenvalue weighted by Crippen LogP contribution is -1.94. The Morgan fingerprint density at radius 2 is 2.25 bits per heavy atom. The molecule has 0 aliphatic carbocycles. The van der Waals surface area contributed by atoms with E-state index < -0.39 is 4.92 Å². The lowest BCUT2D eigenvalue weighted by atomic mass is 10.1. The second-order valence-corrected chi connectivity index (χ2v) is 4.13. The van der Waals surface area contributed by atoms with Gasteiger partial charge in [-0.1, -0.05) is 12.1 Å². The van der Waals surface area contributed by atoms with Crippen LogP contribution in [0.1, 0.15) is 0 Å². The van der Waals surface area contributed by atoms with E-state index in [1.54, 1.807) is 24.0 Å². The summed E-state index contributed by atoms with van der Waals surface area (Å²) in [7, 11) is 1.79. The highest BCUT2D eigenvalue weighted by molar-refractivity contribution is 9.10. The Labute approximate surface area is 100.0 Å². The van der Waals surface area contributed by atoms with Crippen molar-refractivity contribution in [2.45, 2.75) is 0 Å². The van der Waals surface area contributed by atoms with Gasteiger partial charge in [-0.25, -0.2) is 0 Å². The minimum Gasteiger partial charge on any atom is -0.267 e. The molecule has 82 valence electrons. The van der Waals surface area contributed by atoms with Gasteiger partial charge in [-0.05, 0) is 15.9 Å². The Hall–Kier alpha value is -1.69. The zero-order chi connectivity index (χ0) is 11.7. The molecule has 0 saturated heterocycles. The van der Waals surface area contributed by atoms with Crippen molar-refractivity contribution in [2.75, 3.05) is 0 Å². The zero-order valence-corrected chi connectivity index (χ0v) is 10.0. The van der Waals surface area contributed by atoms with Gasteiger partial charge in [0.15, 0.2) is 0 Å². The van der Waals surface area contributed by atoms with Crippen molar-refractivity contribution >= 4 is 21.6 Å². The first-order valence-electron chi connectivity index (χ1n) is 4.52. The van der Waals surface area contributed by atoms with Crippen LogP contribution in [0.4, 0.5) is 5.69 Å². The van der Waals surface area contributed by atoms with E-state index >= 15 is 0 Å². The highest BCUT2D eigenvalue weighted by Crippen LogP contribution is 2.29. The van der Waals surface area contributed by atoms with Crippen molar-refractivity contribution in [1.82, 2.24) is 9.78 Å². The number of nitro groups is 1. The van der Waals surface area contributed by atoms with E-state index in [4.69, 9.17) is 0 Å². The van der Waals surface area contributed by atoms with Gasteiger partial charge in [0.25, 0.3) is 5.69 Å². The van der Waals surface area contributed by atoms with Gasteiger partial charge in [0, 0.05) is 24.7 Å². The first-order valence-corrected chi connectivity index (χ1v) is 5.31. The molecule has 1 aromatic heterocycles. The number of hydrogen-bond donors (Lipinski definition) is 0. The molecule has 0 bridgehead atoms. The van der Waals surface area contributed by atoms with Crippen LogP contribution in [0.3, 0.4) is 0 Å². The number of benzene rings is 1. The van der Waals surface area contributed by atoms with Crippen molar-refractivity contribution in [1.29, 1.82) is 0 Å². The third-order valence-corrected chi connectivity index (χ3v) is 2.80. The molecule has 0 radical (unpaired) electrons. The lowest BCUT2D eigenvalue weighted by Gasteiger charge is -2.02. The Morgan fingerprint density at radius 3 is 2.81 bits per heavy atom. The number of nitrogens with zero attached hydrogens (tertiary/aromatic N) is 3.